The summed E-state index contributed by atoms with van der Waals surface area (Å²) in [5, 5.41) is 3.87. The summed E-state index contributed by atoms with van der Waals surface area (Å²) in [6.07, 6.45) is 0. The summed E-state index contributed by atoms with van der Waals surface area (Å²) >= 11 is 6.04. The van der Waals surface area contributed by atoms with Crippen LogP contribution in [-0.4, -0.2) is 18.7 Å². The van der Waals surface area contributed by atoms with Crippen LogP contribution < -0.4 is 10.1 Å². The van der Waals surface area contributed by atoms with Gasteiger partial charge in [0.05, 0.1) is 5.02 Å². The number of ether oxygens (including phenoxy) is 1. The molecule has 0 bridgehead atoms. The lowest BCUT2D eigenvalue weighted by molar-refractivity contribution is 0.0349. The van der Waals surface area contributed by atoms with Gasteiger partial charge in [-0.05, 0) is 31.5 Å². The van der Waals surface area contributed by atoms with E-state index in [0.29, 0.717) is 5.02 Å². The van der Waals surface area contributed by atoms with Gasteiger partial charge in [-0.1, -0.05) is 17.7 Å². The number of nitrogens with one attached hydrogen (secondary N) is 1. The van der Waals surface area contributed by atoms with E-state index in [-0.39, 0.29) is 5.60 Å². The van der Waals surface area contributed by atoms with Crippen LogP contribution in [0, 0.1) is 6.92 Å². The van der Waals surface area contributed by atoms with Crippen molar-refractivity contribution in [2.75, 3.05) is 13.1 Å². The van der Waals surface area contributed by atoms with Gasteiger partial charge in [-0.15, -0.1) is 0 Å². The fourth-order valence-electron chi connectivity index (χ4n) is 1.50. The molecule has 1 N–H and O–H groups in total. The maximum Gasteiger partial charge on any atom is 0.139 e. The molecule has 1 aliphatic heterocycles. The normalized spacial score (nSPS) is 18.8. The van der Waals surface area contributed by atoms with E-state index in [1.165, 1.54) is 5.56 Å². The van der Waals surface area contributed by atoms with Crippen molar-refractivity contribution in [2.45, 2.75) is 19.4 Å². The molecule has 14 heavy (non-hydrogen) atoms. The molecular weight excluding hydrogens is 198 g/mol. The van der Waals surface area contributed by atoms with Crippen LogP contribution >= 0.6 is 11.6 Å². The standard InChI is InChI=1S/C11H14ClNO/c1-8-3-4-9(12)10(5-8)14-11(2)6-13-7-11/h3-5,13H,6-7H2,1-2H3. The third-order valence-corrected chi connectivity index (χ3v) is 2.75. The summed E-state index contributed by atoms with van der Waals surface area (Å²) in [5.74, 6) is 0.788. The molecule has 76 valence electrons. The Labute approximate surface area is 89.2 Å². The minimum atomic E-state index is -0.0859. The lowest BCUT2D eigenvalue weighted by Gasteiger charge is -2.39. The molecule has 2 rings (SSSR count). The Kier molecular flexibility index (Phi) is 2.41. The first-order chi connectivity index (χ1) is 6.59. The first-order valence-corrected chi connectivity index (χ1v) is 5.13. The molecule has 1 heterocycles. The monoisotopic (exact) mass is 211 g/mol. The van der Waals surface area contributed by atoms with E-state index in [4.69, 9.17) is 16.3 Å². The molecule has 3 heteroatoms. The van der Waals surface area contributed by atoms with Crippen molar-refractivity contribution < 1.29 is 4.74 Å². The molecule has 0 aliphatic carbocycles. The van der Waals surface area contributed by atoms with Gasteiger partial charge in [-0.2, -0.15) is 0 Å². The number of hydrogen-bond acceptors (Lipinski definition) is 2. The van der Waals surface area contributed by atoms with Crippen LogP contribution in [0.4, 0.5) is 0 Å². The Morgan fingerprint density at radius 2 is 2.14 bits per heavy atom. The molecule has 0 aromatic heterocycles. The zero-order chi connectivity index (χ0) is 10.2. The van der Waals surface area contributed by atoms with Crippen LogP contribution in [0.25, 0.3) is 0 Å². The predicted molar refractivity (Wildman–Crippen MR) is 58.1 cm³/mol. The molecule has 0 radical (unpaired) electrons. The fourth-order valence-corrected chi connectivity index (χ4v) is 1.66. The number of aryl methyl sites for hydroxylation is 1. The third-order valence-electron chi connectivity index (χ3n) is 2.44. The second-order valence-electron chi connectivity index (χ2n) is 4.09. The van der Waals surface area contributed by atoms with Crippen LogP contribution in [0.1, 0.15) is 12.5 Å². The second-order valence-corrected chi connectivity index (χ2v) is 4.50. The number of benzene rings is 1. The van der Waals surface area contributed by atoms with Gasteiger partial charge in [0.2, 0.25) is 0 Å². The van der Waals surface area contributed by atoms with Crippen molar-refractivity contribution in [2.24, 2.45) is 0 Å². The zero-order valence-corrected chi connectivity index (χ0v) is 9.19. The quantitative estimate of drug-likeness (QED) is 0.811. The van der Waals surface area contributed by atoms with Gasteiger partial charge in [0.1, 0.15) is 11.4 Å². The maximum atomic E-state index is 6.04. The zero-order valence-electron chi connectivity index (χ0n) is 8.43. The van der Waals surface area contributed by atoms with E-state index in [0.717, 1.165) is 18.8 Å². The summed E-state index contributed by atoms with van der Waals surface area (Å²) in [7, 11) is 0. The van der Waals surface area contributed by atoms with Gasteiger partial charge in [0.25, 0.3) is 0 Å². The van der Waals surface area contributed by atoms with E-state index in [1.54, 1.807) is 0 Å². The molecule has 0 amide bonds. The summed E-state index contributed by atoms with van der Waals surface area (Å²) in [6, 6.07) is 5.84. The Balaban J connectivity index is 2.19. The Hall–Kier alpha value is -0.730. The van der Waals surface area contributed by atoms with Crippen molar-refractivity contribution in [3.63, 3.8) is 0 Å². The second kappa shape index (κ2) is 3.44. The summed E-state index contributed by atoms with van der Waals surface area (Å²) in [5.41, 5.74) is 1.08. The number of rotatable bonds is 2. The smallest absolute Gasteiger partial charge is 0.139 e. The van der Waals surface area contributed by atoms with Crippen molar-refractivity contribution >= 4 is 11.6 Å². The van der Waals surface area contributed by atoms with Crippen LogP contribution in [-0.2, 0) is 0 Å². The van der Waals surface area contributed by atoms with Gasteiger partial charge in [-0.25, -0.2) is 0 Å². The van der Waals surface area contributed by atoms with Crippen molar-refractivity contribution in [1.82, 2.24) is 5.32 Å². The molecule has 1 fully saturated rings. The molecule has 1 aliphatic rings. The summed E-state index contributed by atoms with van der Waals surface area (Å²) in [4.78, 5) is 0. The largest absolute Gasteiger partial charge is 0.483 e. The summed E-state index contributed by atoms with van der Waals surface area (Å²) < 4.78 is 5.85. The fraction of sp³-hybridized carbons (Fsp3) is 0.455. The molecule has 0 saturated carbocycles. The topological polar surface area (TPSA) is 21.3 Å². The van der Waals surface area contributed by atoms with Gasteiger partial charge >= 0.3 is 0 Å². The predicted octanol–water partition coefficient (Wildman–Crippen LogP) is 2.39. The molecule has 0 unspecified atom stereocenters. The molecule has 1 aromatic carbocycles. The molecule has 1 aromatic rings. The average Bonchev–Trinajstić information content (AvgIpc) is 2.09. The highest BCUT2D eigenvalue weighted by atomic mass is 35.5. The highest BCUT2D eigenvalue weighted by Gasteiger charge is 2.34. The molecule has 1 saturated heterocycles. The van der Waals surface area contributed by atoms with E-state index >= 15 is 0 Å². The maximum absolute atomic E-state index is 6.04. The van der Waals surface area contributed by atoms with E-state index in [1.807, 2.05) is 25.1 Å². The van der Waals surface area contributed by atoms with Gasteiger partial charge in [0, 0.05) is 13.1 Å². The summed E-state index contributed by atoms with van der Waals surface area (Å²) in [6.45, 7) is 5.89. The highest BCUT2D eigenvalue weighted by Crippen LogP contribution is 2.29. The van der Waals surface area contributed by atoms with E-state index in [9.17, 15) is 0 Å². The van der Waals surface area contributed by atoms with E-state index in [2.05, 4.69) is 12.2 Å². The van der Waals surface area contributed by atoms with Crippen molar-refractivity contribution in [3.05, 3.63) is 28.8 Å². The first-order valence-electron chi connectivity index (χ1n) is 4.75. The van der Waals surface area contributed by atoms with Crippen LogP contribution in [0.5, 0.6) is 5.75 Å². The lowest BCUT2D eigenvalue weighted by atomic mass is 10.00. The lowest BCUT2D eigenvalue weighted by Crippen LogP contribution is -2.61. The van der Waals surface area contributed by atoms with Gasteiger partial charge in [0.15, 0.2) is 0 Å². The first kappa shape index (κ1) is 9.81. The number of hydrogen-bond donors (Lipinski definition) is 1. The molecule has 2 nitrogen and oxygen atoms in total. The van der Waals surface area contributed by atoms with Gasteiger partial charge in [-0.3, -0.25) is 0 Å². The van der Waals surface area contributed by atoms with Crippen LogP contribution in [0.3, 0.4) is 0 Å². The van der Waals surface area contributed by atoms with Crippen LogP contribution in [0.15, 0.2) is 18.2 Å². The van der Waals surface area contributed by atoms with Crippen molar-refractivity contribution in [1.29, 1.82) is 0 Å². The van der Waals surface area contributed by atoms with Crippen LogP contribution in [0.2, 0.25) is 5.02 Å². The van der Waals surface area contributed by atoms with Crippen molar-refractivity contribution in [3.8, 4) is 5.75 Å². The average molecular weight is 212 g/mol. The molecule has 0 atom stereocenters. The Morgan fingerprint density at radius 3 is 2.71 bits per heavy atom. The molecular formula is C11H14ClNO. The Morgan fingerprint density at radius 1 is 1.43 bits per heavy atom. The Bertz CT molecular complexity index is 347. The third kappa shape index (κ3) is 1.86. The SMILES string of the molecule is Cc1ccc(Cl)c(OC2(C)CNC2)c1. The van der Waals surface area contributed by atoms with Gasteiger partial charge < -0.3 is 10.1 Å². The minimum absolute atomic E-state index is 0.0859. The highest BCUT2D eigenvalue weighted by molar-refractivity contribution is 6.32. The molecule has 0 spiro atoms. The number of halogens is 1. The van der Waals surface area contributed by atoms with E-state index < -0.39 is 0 Å². The minimum Gasteiger partial charge on any atom is -0.483 e.